The van der Waals surface area contributed by atoms with Crippen LogP contribution in [0.15, 0.2) is 0 Å². The van der Waals surface area contributed by atoms with E-state index in [0.29, 0.717) is 0 Å². The van der Waals surface area contributed by atoms with Crippen molar-refractivity contribution < 1.29 is 29.0 Å². The fourth-order valence-corrected chi connectivity index (χ4v) is 1.54. The quantitative estimate of drug-likeness (QED) is 0.717. The first-order chi connectivity index (χ1) is 7.90. The average molecular weight is 244 g/mol. The lowest BCUT2D eigenvalue weighted by molar-refractivity contribution is -0.173. The van der Waals surface area contributed by atoms with Crippen LogP contribution in [0.25, 0.3) is 0 Å². The molecule has 0 aromatic rings. The molecule has 6 heteroatoms. The monoisotopic (exact) mass is 244 g/mol. The molecule has 1 aliphatic heterocycles. The minimum absolute atomic E-state index is 0.0926. The summed E-state index contributed by atoms with van der Waals surface area (Å²) < 4.78 is 9.54. The van der Waals surface area contributed by atoms with Crippen LogP contribution in [0.4, 0.5) is 0 Å². The lowest BCUT2D eigenvalue weighted by Crippen LogP contribution is -2.33. The van der Waals surface area contributed by atoms with E-state index in [1.54, 1.807) is 0 Å². The molecule has 6 nitrogen and oxygen atoms in total. The third-order valence-electron chi connectivity index (χ3n) is 2.37. The molecule has 1 fully saturated rings. The van der Waals surface area contributed by atoms with Gasteiger partial charge in [0, 0.05) is 12.8 Å². The third kappa shape index (κ3) is 4.05. The summed E-state index contributed by atoms with van der Waals surface area (Å²) in [6.07, 6.45) is -1.46. The summed E-state index contributed by atoms with van der Waals surface area (Å²) in [5.41, 5.74) is 0. The number of carboxylic acids is 1. The van der Waals surface area contributed by atoms with Gasteiger partial charge in [-0.05, 0) is 12.3 Å². The Morgan fingerprint density at radius 2 is 2.18 bits per heavy atom. The molecule has 1 saturated heterocycles. The summed E-state index contributed by atoms with van der Waals surface area (Å²) in [5, 5.41) is 8.88. The van der Waals surface area contributed by atoms with Gasteiger partial charge in [-0.25, -0.2) is 9.59 Å². The Morgan fingerprint density at radius 3 is 2.59 bits per heavy atom. The second-order valence-electron chi connectivity index (χ2n) is 4.41. The molecule has 1 N–H and O–H groups in total. The Balaban J connectivity index is 2.52. The van der Waals surface area contributed by atoms with Gasteiger partial charge in [0.15, 0.2) is 12.2 Å². The van der Waals surface area contributed by atoms with E-state index in [2.05, 4.69) is 0 Å². The highest BCUT2D eigenvalue weighted by Gasteiger charge is 2.34. The second kappa shape index (κ2) is 5.65. The summed E-state index contributed by atoms with van der Waals surface area (Å²) >= 11 is 0. The largest absolute Gasteiger partial charge is 0.479 e. The third-order valence-corrected chi connectivity index (χ3v) is 2.37. The van der Waals surface area contributed by atoms with Gasteiger partial charge in [-0.2, -0.15) is 0 Å². The van der Waals surface area contributed by atoms with Crippen LogP contribution in [0.2, 0.25) is 0 Å². The predicted octanol–water partition coefficient (Wildman–Crippen LogP) is 0.734. The van der Waals surface area contributed by atoms with Crippen molar-refractivity contribution in [3.8, 4) is 0 Å². The summed E-state index contributed by atoms with van der Waals surface area (Å²) in [6.45, 7) is 3.67. The van der Waals surface area contributed by atoms with Gasteiger partial charge in [-0.15, -0.1) is 0 Å². The molecular weight excluding hydrogens is 228 g/mol. The van der Waals surface area contributed by atoms with E-state index in [1.807, 2.05) is 13.8 Å². The second-order valence-corrected chi connectivity index (χ2v) is 4.41. The molecule has 1 rings (SSSR count). The molecule has 0 aromatic carbocycles. The topological polar surface area (TPSA) is 89.9 Å². The zero-order chi connectivity index (χ0) is 13.0. The maximum absolute atomic E-state index is 11.5. The van der Waals surface area contributed by atoms with Crippen molar-refractivity contribution >= 4 is 17.9 Å². The van der Waals surface area contributed by atoms with Gasteiger partial charge in [0.25, 0.3) is 0 Å². The zero-order valence-electron chi connectivity index (χ0n) is 9.84. The number of cyclic esters (lactones) is 1. The van der Waals surface area contributed by atoms with Crippen molar-refractivity contribution in [3.05, 3.63) is 0 Å². The molecule has 0 radical (unpaired) electrons. The number of aliphatic carboxylic acids is 1. The van der Waals surface area contributed by atoms with Crippen molar-refractivity contribution in [3.63, 3.8) is 0 Å². The van der Waals surface area contributed by atoms with Gasteiger partial charge in [-0.1, -0.05) is 13.8 Å². The van der Waals surface area contributed by atoms with E-state index in [-0.39, 0.29) is 25.2 Å². The number of carbonyl (C=O) groups excluding carboxylic acids is 2. The molecule has 1 aliphatic rings. The minimum Gasteiger partial charge on any atom is -0.479 e. The van der Waals surface area contributed by atoms with Crippen molar-refractivity contribution in [1.29, 1.82) is 0 Å². The number of hydrogen-bond donors (Lipinski definition) is 1. The van der Waals surface area contributed by atoms with Gasteiger partial charge in [0.05, 0.1) is 0 Å². The molecule has 96 valence electrons. The van der Waals surface area contributed by atoms with E-state index in [0.717, 1.165) is 0 Å². The van der Waals surface area contributed by atoms with E-state index in [4.69, 9.17) is 14.6 Å². The van der Waals surface area contributed by atoms with Crippen LogP contribution in [0.1, 0.15) is 33.1 Å². The number of ether oxygens (including phenoxy) is 2. The van der Waals surface area contributed by atoms with Crippen LogP contribution < -0.4 is 0 Å². The highest BCUT2D eigenvalue weighted by Crippen LogP contribution is 2.17. The van der Waals surface area contributed by atoms with Crippen molar-refractivity contribution in [2.45, 2.75) is 45.3 Å². The van der Waals surface area contributed by atoms with Crippen LogP contribution in [0.5, 0.6) is 0 Å². The summed E-state index contributed by atoms with van der Waals surface area (Å²) in [6, 6.07) is 0. The number of hydrogen-bond acceptors (Lipinski definition) is 5. The van der Waals surface area contributed by atoms with Crippen molar-refractivity contribution in [1.82, 2.24) is 0 Å². The summed E-state index contributed by atoms with van der Waals surface area (Å²) in [7, 11) is 0. The molecule has 0 saturated carbocycles. The Kier molecular flexibility index (Phi) is 4.48. The SMILES string of the molecule is CC(C)C[C@@H](OC(=O)[C@H]1CCC(=O)O1)C(=O)O. The highest BCUT2D eigenvalue weighted by molar-refractivity contribution is 5.84. The summed E-state index contributed by atoms with van der Waals surface area (Å²) in [4.78, 5) is 33.2. The summed E-state index contributed by atoms with van der Waals surface area (Å²) in [5.74, 6) is -2.32. The first-order valence-corrected chi connectivity index (χ1v) is 5.53. The molecule has 0 bridgehead atoms. The predicted molar refractivity (Wildman–Crippen MR) is 56.1 cm³/mol. The molecule has 0 aromatic heterocycles. The molecule has 0 aliphatic carbocycles. The van der Waals surface area contributed by atoms with E-state index in [1.165, 1.54) is 0 Å². The normalized spacial score (nSPS) is 21.1. The van der Waals surface area contributed by atoms with Crippen LogP contribution >= 0.6 is 0 Å². The highest BCUT2D eigenvalue weighted by atomic mass is 16.6. The first-order valence-electron chi connectivity index (χ1n) is 5.53. The number of esters is 2. The smallest absolute Gasteiger partial charge is 0.348 e. The first kappa shape index (κ1) is 13.5. The van der Waals surface area contributed by atoms with Crippen LogP contribution in [-0.4, -0.2) is 35.2 Å². The Hall–Kier alpha value is -1.59. The lowest BCUT2D eigenvalue weighted by Gasteiger charge is -2.17. The maximum Gasteiger partial charge on any atom is 0.348 e. The van der Waals surface area contributed by atoms with Crippen LogP contribution in [-0.2, 0) is 23.9 Å². The maximum atomic E-state index is 11.5. The molecule has 1 heterocycles. The average Bonchev–Trinajstić information content (AvgIpc) is 2.63. The zero-order valence-corrected chi connectivity index (χ0v) is 9.84. The minimum atomic E-state index is -1.18. The van der Waals surface area contributed by atoms with Gasteiger partial charge in [-0.3, -0.25) is 4.79 Å². The molecule has 17 heavy (non-hydrogen) atoms. The van der Waals surface area contributed by atoms with Crippen LogP contribution in [0, 0.1) is 5.92 Å². The lowest BCUT2D eigenvalue weighted by atomic mass is 10.1. The van der Waals surface area contributed by atoms with E-state index < -0.39 is 30.1 Å². The van der Waals surface area contributed by atoms with E-state index >= 15 is 0 Å². The van der Waals surface area contributed by atoms with Gasteiger partial charge in [0.1, 0.15) is 0 Å². The Morgan fingerprint density at radius 1 is 1.53 bits per heavy atom. The Bertz CT molecular complexity index is 322. The molecular formula is C11H16O6. The van der Waals surface area contributed by atoms with Crippen molar-refractivity contribution in [2.75, 3.05) is 0 Å². The van der Waals surface area contributed by atoms with Crippen molar-refractivity contribution in [2.24, 2.45) is 5.92 Å². The number of carbonyl (C=O) groups is 3. The molecule has 0 amide bonds. The van der Waals surface area contributed by atoms with Gasteiger partial charge in [0.2, 0.25) is 0 Å². The van der Waals surface area contributed by atoms with Crippen LogP contribution in [0.3, 0.4) is 0 Å². The molecule has 0 spiro atoms. The fourth-order valence-electron chi connectivity index (χ4n) is 1.54. The number of rotatable bonds is 5. The molecule has 2 atom stereocenters. The molecule has 0 unspecified atom stereocenters. The number of carboxylic acid groups (broad SMARTS) is 1. The standard InChI is InChI=1S/C11H16O6/c1-6(2)5-8(10(13)14)17-11(15)7-3-4-9(12)16-7/h6-8H,3-5H2,1-2H3,(H,13,14)/t7-,8-/m1/s1. The van der Waals surface area contributed by atoms with Gasteiger partial charge >= 0.3 is 17.9 Å². The Labute approximate surface area is 98.9 Å². The fraction of sp³-hybridized carbons (Fsp3) is 0.727. The van der Waals surface area contributed by atoms with Gasteiger partial charge < -0.3 is 14.6 Å². The van der Waals surface area contributed by atoms with E-state index in [9.17, 15) is 14.4 Å².